The maximum atomic E-state index is 12.1. The first kappa shape index (κ1) is 16.7. The second-order valence-corrected chi connectivity index (χ2v) is 5.47. The molecule has 0 saturated heterocycles. The van der Waals surface area contributed by atoms with E-state index in [4.69, 9.17) is 16.9 Å². The fourth-order valence-corrected chi connectivity index (χ4v) is 2.24. The highest BCUT2D eigenvalue weighted by molar-refractivity contribution is 6.30. The van der Waals surface area contributed by atoms with E-state index in [0.717, 1.165) is 4.68 Å². The Morgan fingerprint density at radius 2 is 2.17 bits per heavy atom. The molecule has 0 unspecified atom stereocenters. The van der Waals surface area contributed by atoms with Crippen LogP contribution >= 0.6 is 11.6 Å². The molecule has 0 bridgehead atoms. The van der Waals surface area contributed by atoms with Crippen molar-refractivity contribution in [2.45, 2.75) is 26.8 Å². The summed E-state index contributed by atoms with van der Waals surface area (Å²) in [4.78, 5) is 24.1. The topological polar surface area (TPSA) is 87.8 Å². The van der Waals surface area contributed by atoms with Gasteiger partial charge in [-0.2, -0.15) is 10.4 Å². The van der Waals surface area contributed by atoms with Gasteiger partial charge in [0.05, 0.1) is 12.2 Å². The molecule has 6 nitrogen and oxygen atoms in total. The van der Waals surface area contributed by atoms with Gasteiger partial charge in [0.1, 0.15) is 11.6 Å². The first-order chi connectivity index (χ1) is 10.9. The first-order valence-corrected chi connectivity index (χ1v) is 7.34. The van der Waals surface area contributed by atoms with Crippen molar-refractivity contribution in [3.05, 3.63) is 56.5 Å². The minimum Gasteiger partial charge on any atom is -0.326 e. The minimum absolute atomic E-state index is 0.0623. The van der Waals surface area contributed by atoms with Crippen molar-refractivity contribution in [2.24, 2.45) is 0 Å². The Morgan fingerprint density at radius 1 is 1.43 bits per heavy atom. The molecule has 7 heteroatoms. The average molecular weight is 331 g/mol. The Kier molecular flexibility index (Phi) is 5.14. The summed E-state index contributed by atoms with van der Waals surface area (Å²) < 4.78 is 1.15. The fraction of sp³-hybridized carbons (Fsp3) is 0.250. The van der Waals surface area contributed by atoms with E-state index in [2.05, 4.69) is 10.4 Å². The molecule has 0 fully saturated rings. The molecule has 1 aromatic carbocycles. The molecule has 0 saturated carbocycles. The minimum atomic E-state index is -0.480. The molecular formula is C16H15ClN4O2. The third-order valence-electron chi connectivity index (χ3n) is 3.41. The molecule has 118 valence electrons. The number of anilines is 1. The molecule has 0 aliphatic carbocycles. The summed E-state index contributed by atoms with van der Waals surface area (Å²) in [5.41, 5.74) is 1.33. The summed E-state index contributed by atoms with van der Waals surface area (Å²) in [7, 11) is 0. The van der Waals surface area contributed by atoms with E-state index < -0.39 is 5.56 Å². The number of hydrogen-bond acceptors (Lipinski definition) is 4. The molecule has 2 rings (SSSR count). The lowest BCUT2D eigenvalue weighted by atomic mass is 10.1. The van der Waals surface area contributed by atoms with Crippen LogP contribution in [0.4, 0.5) is 5.69 Å². The van der Waals surface area contributed by atoms with Crippen LogP contribution < -0.4 is 10.9 Å². The van der Waals surface area contributed by atoms with E-state index in [9.17, 15) is 9.59 Å². The smallest absolute Gasteiger partial charge is 0.284 e. The number of aryl methyl sites for hydroxylation is 2. The van der Waals surface area contributed by atoms with Crippen LogP contribution in [0, 0.1) is 25.2 Å². The molecule has 2 aromatic rings. The quantitative estimate of drug-likeness (QED) is 0.932. The van der Waals surface area contributed by atoms with Crippen LogP contribution in [0.25, 0.3) is 0 Å². The third kappa shape index (κ3) is 3.96. The summed E-state index contributed by atoms with van der Waals surface area (Å²) in [5, 5.41) is 16.4. The van der Waals surface area contributed by atoms with Crippen LogP contribution in [0.3, 0.4) is 0 Å². The standard InChI is InChI=1S/C16H15ClN4O2/c1-10-11(2)20-21(16(23)14(10)9-18)7-6-15(22)19-13-5-3-4-12(17)8-13/h3-5,8H,6-7H2,1-2H3,(H,19,22). The lowest BCUT2D eigenvalue weighted by Gasteiger charge is -2.09. The highest BCUT2D eigenvalue weighted by atomic mass is 35.5. The van der Waals surface area contributed by atoms with Gasteiger partial charge >= 0.3 is 0 Å². The van der Waals surface area contributed by atoms with Crippen LogP contribution in [0.15, 0.2) is 29.1 Å². The maximum absolute atomic E-state index is 12.1. The van der Waals surface area contributed by atoms with Crippen molar-refractivity contribution < 1.29 is 4.79 Å². The number of benzene rings is 1. The van der Waals surface area contributed by atoms with E-state index in [-0.39, 0.29) is 24.4 Å². The zero-order valence-corrected chi connectivity index (χ0v) is 13.5. The number of halogens is 1. The number of carbonyl (C=O) groups excluding carboxylic acids is 1. The van der Waals surface area contributed by atoms with Gasteiger partial charge in [0.15, 0.2) is 0 Å². The van der Waals surface area contributed by atoms with Crippen LogP contribution in [-0.2, 0) is 11.3 Å². The van der Waals surface area contributed by atoms with E-state index in [1.54, 1.807) is 38.1 Å². The van der Waals surface area contributed by atoms with Crippen LogP contribution in [-0.4, -0.2) is 15.7 Å². The fourth-order valence-electron chi connectivity index (χ4n) is 2.05. The lowest BCUT2D eigenvalue weighted by molar-refractivity contribution is -0.116. The van der Waals surface area contributed by atoms with Gasteiger partial charge in [-0.1, -0.05) is 17.7 Å². The normalized spacial score (nSPS) is 10.2. The number of nitrogens with one attached hydrogen (secondary N) is 1. The van der Waals surface area contributed by atoms with Crippen LogP contribution in [0.1, 0.15) is 23.2 Å². The number of rotatable bonds is 4. The highest BCUT2D eigenvalue weighted by Crippen LogP contribution is 2.15. The zero-order valence-electron chi connectivity index (χ0n) is 12.8. The summed E-state index contributed by atoms with van der Waals surface area (Å²) in [6.45, 7) is 3.50. The summed E-state index contributed by atoms with van der Waals surface area (Å²) in [5.74, 6) is -0.266. The first-order valence-electron chi connectivity index (χ1n) is 6.96. The molecular weight excluding hydrogens is 316 g/mol. The second kappa shape index (κ2) is 7.07. The van der Waals surface area contributed by atoms with Gasteiger partial charge in [-0.25, -0.2) is 4.68 Å². The van der Waals surface area contributed by atoms with E-state index >= 15 is 0 Å². The summed E-state index contributed by atoms with van der Waals surface area (Å²) >= 11 is 5.85. The highest BCUT2D eigenvalue weighted by Gasteiger charge is 2.12. The van der Waals surface area contributed by atoms with Gasteiger partial charge in [-0.3, -0.25) is 9.59 Å². The predicted molar refractivity (Wildman–Crippen MR) is 87.4 cm³/mol. The molecule has 0 radical (unpaired) electrons. The molecule has 1 aromatic heterocycles. The van der Waals surface area contributed by atoms with Crippen molar-refractivity contribution in [3.8, 4) is 6.07 Å². The Balaban J connectivity index is 2.09. The molecule has 1 N–H and O–H groups in total. The van der Waals surface area contributed by atoms with Crippen LogP contribution in [0.2, 0.25) is 5.02 Å². The Hall–Kier alpha value is -2.65. The Morgan fingerprint density at radius 3 is 2.83 bits per heavy atom. The number of aromatic nitrogens is 2. The lowest BCUT2D eigenvalue weighted by Crippen LogP contribution is -2.29. The Labute approximate surface area is 138 Å². The van der Waals surface area contributed by atoms with Gasteiger partial charge in [-0.15, -0.1) is 0 Å². The van der Waals surface area contributed by atoms with Gasteiger partial charge in [0.25, 0.3) is 5.56 Å². The van der Waals surface area contributed by atoms with Gasteiger partial charge < -0.3 is 5.32 Å². The zero-order chi connectivity index (χ0) is 17.0. The molecule has 1 amide bonds. The molecule has 1 heterocycles. The van der Waals surface area contributed by atoms with Crippen molar-refractivity contribution in [3.63, 3.8) is 0 Å². The number of hydrogen-bond donors (Lipinski definition) is 1. The van der Waals surface area contributed by atoms with Crippen molar-refractivity contribution >= 4 is 23.2 Å². The van der Waals surface area contributed by atoms with Crippen molar-refractivity contribution in [1.29, 1.82) is 5.26 Å². The summed E-state index contributed by atoms with van der Waals surface area (Å²) in [6.07, 6.45) is 0.0623. The van der Waals surface area contributed by atoms with Gasteiger partial charge in [0, 0.05) is 17.1 Å². The third-order valence-corrected chi connectivity index (χ3v) is 3.64. The van der Waals surface area contributed by atoms with E-state index in [1.165, 1.54) is 0 Å². The van der Waals surface area contributed by atoms with Gasteiger partial charge in [0.2, 0.25) is 5.91 Å². The SMILES string of the molecule is Cc1nn(CCC(=O)Nc2cccc(Cl)c2)c(=O)c(C#N)c1C. The number of carbonyl (C=O) groups is 1. The van der Waals surface area contributed by atoms with Crippen LogP contribution in [0.5, 0.6) is 0 Å². The molecule has 0 aliphatic heterocycles. The molecule has 0 aliphatic rings. The predicted octanol–water partition coefficient (Wildman–Crippen LogP) is 2.41. The van der Waals surface area contributed by atoms with Crippen molar-refractivity contribution in [1.82, 2.24) is 9.78 Å². The Bertz CT molecular complexity index is 852. The number of nitriles is 1. The van der Waals surface area contributed by atoms with E-state index in [1.807, 2.05) is 6.07 Å². The van der Waals surface area contributed by atoms with E-state index in [0.29, 0.717) is 22.0 Å². The molecule has 23 heavy (non-hydrogen) atoms. The van der Waals surface area contributed by atoms with Gasteiger partial charge in [-0.05, 0) is 37.6 Å². The monoisotopic (exact) mass is 330 g/mol. The largest absolute Gasteiger partial charge is 0.326 e. The average Bonchev–Trinajstić information content (AvgIpc) is 2.50. The summed E-state index contributed by atoms with van der Waals surface area (Å²) in [6, 6.07) is 8.68. The molecule has 0 atom stereocenters. The molecule has 0 spiro atoms. The number of amides is 1. The van der Waals surface area contributed by atoms with Crippen molar-refractivity contribution in [2.75, 3.05) is 5.32 Å². The maximum Gasteiger partial charge on any atom is 0.284 e. The second-order valence-electron chi connectivity index (χ2n) is 5.03. The number of nitrogens with zero attached hydrogens (tertiary/aromatic N) is 3.